The van der Waals surface area contributed by atoms with E-state index >= 15 is 0 Å². The molecule has 0 spiro atoms. The van der Waals surface area contributed by atoms with Crippen LogP contribution in [-0.4, -0.2) is 50.0 Å². The lowest BCUT2D eigenvalue weighted by atomic mass is 10.1. The predicted octanol–water partition coefficient (Wildman–Crippen LogP) is -0.285. The van der Waals surface area contributed by atoms with Gasteiger partial charge in [0, 0.05) is 6.54 Å². The number of hydrogen-bond donors (Lipinski definition) is 1. The summed E-state index contributed by atoms with van der Waals surface area (Å²) in [5.74, 6) is 0. The lowest BCUT2D eigenvalue weighted by Crippen LogP contribution is -2.52. The minimum absolute atomic E-state index is 0.0782. The zero-order valence-electron chi connectivity index (χ0n) is 7.13. The van der Waals surface area contributed by atoms with E-state index in [0.717, 1.165) is 11.2 Å². The van der Waals surface area contributed by atoms with Crippen molar-refractivity contribution >= 4 is 16.2 Å². The van der Waals surface area contributed by atoms with E-state index in [1.54, 1.807) is 0 Å². The second-order valence-electron chi connectivity index (χ2n) is 2.91. The maximum absolute atomic E-state index is 10.6. The first-order valence-corrected chi connectivity index (χ1v) is 5.56. The van der Waals surface area contributed by atoms with E-state index in [1.807, 2.05) is 0 Å². The Balaban J connectivity index is 2.35. The van der Waals surface area contributed by atoms with E-state index in [0.29, 0.717) is 13.0 Å². The number of rotatable bonds is 3. The lowest BCUT2D eigenvalue weighted by molar-refractivity contribution is 0.0515. The van der Waals surface area contributed by atoms with Gasteiger partial charge < -0.3 is 10.0 Å². The molecule has 1 N–H and O–H groups in total. The van der Waals surface area contributed by atoms with Crippen LogP contribution in [0.25, 0.3) is 0 Å². The summed E-state index contributed by atoms with van der Waals surface area (Å²) in [6.45, 7) is 0.373. The molecule has 0 radical (unpaired) electrons. The van der Waals surface area contributed by atoms with Crippen LogP contribution in [0.2, 0.25) is 0 Å². The Bertz CT molecular complexity index is 298. The number of amides is 1. The summed E-state index contributed by atoms with van der Waals surface area (Å²) in [5.41, 5.74) is 0. The van der Waals surface area contributed by atoms with E-state index < -0.39 is 16.2 Å². The van der Waals surface area contributed by atoms with Gasteiger partial charge >= 0.3 is 6.09 Å². The Morgan fingerprint density at radius 1 is 1.69 bits per heavy atom. The first-order chi connectivity index (χ1) is 5.90. The third kappa shape index (κ3) is 2.85. The van der Waals surface area contributed by atoms with Crippen molar-refractivity contribution in [3.63, 3.8) is 0 Å². The maximum atomic E-state index is 10.6. The predicted molar refractivity (Wildman–Crippen MR) is 43.9 cm³/mol. The lowest BCUT2D eigenvalue weighted by Gasteiger charge is -2.37. The molecule has 1 aliphatic rings. The van der Waals surface area contributed by atoms with E-state index in [1.165, 1.54) is 0 Å². The standard InChI is InChI=1S/C6H11NO5S/c1-13(10,11)12-4-5-2-3-7(5)6(8)9/h5H,2-4H2,1H3,(H,8,9). The highest BCUT2D eigenvalue weighted by Crippen LogP contribution is 2.17. The topological polar surface area (TPSA) is 83.9 Å². The summed E-state index contributed by atoms with van der Waals surface area (Å²) in [6.07, 6.45) is 0.562. The summed E-state index contributed by atoms with van der Waals surface area (Å²) in [7, 11) is -3.46. The highest BCUT2D eigenvalue weighted by atomic mass is 32.2. The Kier molecular flexibility index (Phi) is 2.77. The van der Waals surface area contributed by atoms with Gasteiger partial charge in [-0.25, -0.2) is 4.79 Å². The zero-order chi connectivity index (χ0) is 10.1. The molecule has 1 amide bonds. The van der Waals surface area contributed by atoms with Crippen LogP contribution in [0.5, 0.6) is 0 Å². The quantitative estimate of drug-likeness (QED) is 0.646. The van der Waals surface area contributed by atoms with E-state index in [2.05, 4.69) is 4.18 Å². The third-order valence-corrected chi connectivity index (χ3v) is 2.43. The molecular formula is C6H11NO5S. The SMILES string of the molecule is CS(=O)(=O)OCC1CCN1C(=O)O. The molecule has 6 nitrogen and oxygen atoms in total. The highest BCUT2D eigenvalue weighted by Gasteiger charge is 2.32. The van der Waals surface area contributed by atoms with Crippen LogP contribution in [0.4, 0.5) is 4.79 Å². The molecule has 1 aliphatic heterocycles. The Morgan fingerprint density at radius 2 is 2.31 bits per heavy atom. The molecule has 1 rings (SSSR count). The molecule has 0 aromatic carbocycles. The average Bonchev–Trinajstić information content (AvgIpc) is 1.79. The van der Waals surface area contributed by atoms with Gasteiger partial charge in [-0.05, 0) is 6.42 Å². The van der Waals surface area contributed by atoms with E-state index in [4.69, 9.17) is 5.11 Å². The Labute approximate surface area is 76.2 Å². The smallest absolute Gasteiger partial charge is 0.407 e. The molecule has 1 saturated heterocycles. The van der Waals surface area contributed by atoms with Gasteiger partial charge in [-0.15, -0.1) is 0 Å². The van der Waals surface area contributed by atoms with Crippen LogP contribution in [0.1, 0.15) is 6.42 Å². The van der Waals surface area contributed by atoms with Crippen molar-refractivity contribution in [1.29, 1.82) is 0 Å². The van der Waals surface area contributed by atoms with Gasteiger partial charge in [0.2, 0.25) is 0 Å². The number of likely N-dealkylation sites (tertiary alicyclic amines) is 1. The molecule has 76 valence electrons. The molecule has 0 saturated carbocycles. The van der Waals surface area contributed by atoms with Crippen molar-refractivity contribution in [2.45, 2.75) is 12.5 Å². The second-order valence-corrected chi connectivity index (χ2v) is 4.55. The fourth-order valence-corrected chi connectivity index (χ4v) is 1.47. The van der Waals surface area contributed by atoms with Crippen LogP contribution in [-0.2, 0) is 14.3 Å². The number of nitrogens with zero attached hydrogens (tertiary/aromatic N) is 1. The molecular weight excluding hydrogens is 198 g/mol. The van der Waals surface area contributed by atoms with Gasteiger partial charge in [-0.3, -0.25) is 4.18 Å². The van der Waals surface area contributed by atoms with Crippen LogP contribution in [0.3, 0.4) is 0 Å². The van der Waals surface area contributed by atoms with Crippen molar-refractivity contribution in [2.24, 2.45) is 0 Å². The van der Waals surface area contributed by atoms with Crippen molar-refractivity contribution in [3.8, 4) is 0 Å². The number of hydrogen-bond acceptors (Lipinski definition) is 4. The summed E-state index contributed by atoms with van der Waals surface area (Å²) in [4.78, 5) is 11.6. The highest BCUT2D eigenvalue weighted by molar-refractivity contribution is 7.85. The van der Waals surface area contributed by atoms with Crippen LogP contribution in [0, 0.1) is 0 Å². The van der Waals surface area contributed by atoms with Crippen molar-refractivity contribution < 1.29 is 22.5 Å². The molecule has 1 heterocycles. The third-order valence-electron chi connectivity index (χ3n) is 1.86. The van der Waals surface area contributed by atoms with Crippen LogP contribution < -0.4 is 0 Å². The van der Waals surface area contributed by atoms with Crippen LogP contribution in [0.15, 0.2) is 0 Å². The van der Waals surface area contributed by atoms with Crippen molar-refractivity contribution in [1.82, 2.24) is 4.90 Å². The largest absolute Gasteiger partial charge is 0.465 e. The maximum Gasteiger partial charge on any atom is 0.407 e. The molecule has 1 unspecified atom stereocenters. The molecule has 7 heteroatoms. The second kappa shape index (κ2) is 3.51. The van der Waals surface area contributed by atoms with E-state index in [-0.39, 0.29) is 12.6 Å². The molecule has 1 fully saturated rings. The summed E-state index contributed by atoms with van der Waals surface area (Å²) in [5, 5.41) is 8.55. The van der Waals surface area contributed by atoms with Gasteiger partial charge in [-0.1, -0.05) is 0 Å². The monoisotopic (exact) mass is 209 g/mol. The van der Waals surface area contributed by atoms with Crippen LogP contribution >= 0.6 is 0 Å². The Morgan fingerprint density at radius 3 is 2.62 bits per heavy atom. The number of carbonyl (C=O) groups is 1. The Hall–Kier alpha value is -0.820. The molecule has 0 aromatic rings. The molecule has 13 heavy (non-hydrogen) atoms. The minimum atomic E-state index is -3.46. The first kappa shape index (κ1) is 10.3. The molecule has 1 atom stereocenters. The first-order valence-electron chi connectivity index (χ1n) is 3.74. The van der Waals surface area contributed by atoms with Crippen molar-refractivity contribution in [2.75, 3.05) is 19.4 Å². The fourth-order valence-electron chi connectivity index (χ4n) is 1.07. The van der Waals surface area contributed by atoms with Gasteiger partial charge in [0.1, 0.15) is 0 Å². The van der Waals surface area contributed by atoms with Gasteiger partial charge in [0.15, 0.2) is 0 Å². The molecule has 0 bridgehead atoms. The van der Waals surface area contributed by atoms with E-state index in [9.17, 15) is 13.2 Å². The van der Waals surface area contributed by atoms with Crippen molar-refractivity contribution in [3.05, 3.63) is 0 Å². The zero-order valence-corrected chi connectivity index (χ0v) is 7.95. The fraction of sp³-hybridized carbons (Fsp3) is 0.833. The molecule has 0 aromatic heterocycles. The molecule has 0 aliphatic carbocycles. The summed E-state index contributed by atoms with van der Waals surface area (Å²) >= 11 is 0. The van der Waals surface area contributed by atoms with Gasteiger partial charge in [0.05, 0.1) is 18.9 Å². The number of carboxylic acid groups (broad SMARTS) is 1. The van der Waals surface area contributed by atoms with Gasteiger partial charge in [0.25, 0.3) is 10.1 Å². The summed E-state index contributed by atoms with van der Waals surface area (Å²) in [6, 6.07) is -0.313. The summed E-state index contributed by atoms with van der Waals surface area (Å²) < 4.78 is 25.6. The van der Waals surface area contributed by atoms with Gasteiger partial charge in [-0.2, -0.15) is 8.42 Å². The average molecular weight is 209 g/mol. The minimum Gasteiger partial charge on any atom is -0.465 e. The normalized spacial score (nSPS) is 22.5.